The average molecular weight is 705 g/mol. The van der Waals surface area contributed by atoms with Crippen LogP contribution in [-0.4, -0.2) is 56.0 Å². The fraction of sp³-hybridized carbons (Fsp3) is 0.550. The fourth-order valence-corrected chi connectivity index (χ4v) is 7.43. The third-order valence-corrected chi connectivity index (χ3v) is 10.3. The molecule has 0 amide bonds. The standard InChI is InChI=1S/C36H46F4O4.C4H6O2/c1-4-5-6-23-15-30(37)35(31(38)16-23)28-17-32(39)34(33(40)18-28)27-13-11-25(12-14-27)24-7-9-26(10-8-24)29(20-43-3)21-44-36(42)22(2)19-41;1-4(2-5)3-6/h15-18,24-27,29,41H,2,4-14,19-21H2,1,3H3;2,6H,1,3H2. The smallest absolute Gasteiger partial charge is 0.335 e. The number of rotatable bonds is 15. The number of carbonyl (C=O) groups is 2. The van der Waals surface area contributed by atoms with E-state index in [1.54, 1.807) is 7.11 Å². The first-order valence-corrected chi connectivity index (χ1v) is 17.6. The minimum Gasteiger partial charge on any atom is -0.462 e. The van der Waals surface area contributed by atoms with Gasteiger partial charge in [0.25, 0.3) is 0 Å². The molecule has 4 rings (SSSR count). The van der Waals surface area contributed by atoms with Crippen molar-refractivity contribution in [1.82, 2.24) is 0 Å². The second kappa shape index (κ2) is 20.5. The van der Waals surface area contributed by atoms with E-state index in [4.69, 9.17) is 19.7 Å². The molecule has 2 aromatic carbocycles. The molecule has 2 saturated carbocycles. The van der Waals surface area contributed by atoms with E-state index in [9.17, 15) is 18.4 Å². The summed E-state index contributed by atoms with van der Waals surface area (Å²) in [6, 6.07) is 4.67. The maximum absolute atomic E-state index is 15.4. The molecule has 0 aromatic heterocycles. The summed E-state index contributed by atoms with van der Waals surface area (Å²) in [5.41, 5.74) is 0.301. The summed E-state index contributed by atoms with van der Waals surface area (Å²) in [6.45, 7) is 8.73. The molecule has 2 aliphatic carbocycles. The highest BCUT2D eigenvalue weighted by molar-refractivity contribution is 5.87. The molecule has 276 valence electrons. The number of halogens is 4. The minimum absolute atomic E-state index is 0.0251. The summed E-state index contributed by atoms with van der Waals surface area (Å²) in [5, 5.41) is 17.1. The SMILES string of the molecule is C=C(C=O)CO.C=C(CO)C(=O)OCC(COC)C1CCC(C2CCC(c3c(F)cc(-c4c(F)cc(CCCC)cc4F)cc3F)CC2)CC1. The van der Waals surface area contributed by atoms with Crippen molar-refractivity contribution in [2.75, 3.05) is 33.5 Å². The lowest BCUT2D eigenvalue weighted by atomic mass is 9.67. The Labute approximate surface area is 293 Å². The summed E-state index contributed by atoms with van der Waals surface area (Å²) in [6.07, 6.45) is 9.95. The molecule has 6 nitrogen and oxygen atoms in total. The van der Waals surface area contributed by atoms with Crippen LogP contribution in [0, 0.1) is 46.9 Å². The van der Waals surface area contributed by atoms with Gasteiger partial charge in [0.2, 0.25) is 0 Å². The molecule has 0 heterocycles. The molecular weight excluding hydrogens is 652 g/mol. The maximum Gasteiger partial charge on any atom is 0.335 e. The van der Waals surface area contributed by atoms with Crippen LogP contribution in [0.2, 0.25) is 0 Å². The lowest BCUT2D eigenvalue weighted by molar-refractivity contribution is -0.142. The quantitative estimate of drug-likeness (QED) is 0.0837. The highest BCUT2D eigenvalue weighted by Gasteiger charge is 2.35. The topological polar surface area (TPSA) is 93.1 Å². The van der Waals surface area contributed by atoms with Crippen LogP contribution in [0.3, 0.4) is 0 Å². The number of hydrogen-bond donors (Lipinski definition) is 2. The van der Waals surface area contributed by atoms with Gasteiger partial charge in [0.05, 0.1) is 37.6 Å². The number of benzene rings is 2. The first kappa shape index (κ1) is 41.1. The Bertz CT molecular complexity index is 1400. The van der Waals surface area contributed by atoms with Crippen molar-refractivity contribution in [2.45, 2.75) is 83.5 Å². The van der Waals surface area contributed by atoms with E-state index < -0.39 is 41.4 Å². The van der Waals surface area contributed by atoms with Crippen molar-refractivity contribution < 1.29 is 46.8 Å². The Kier molecular flexibility index (Phi) is 16.8. The molecule has 0 aliphatic heterocycles. The number of methoxy groups -OCH3 is 1. The molecule has 2 aliphatic rings. The molecule has 0 spiro atoms. The van der Waals surface area contributed by atoms with Crippen molar-refractivity contribution in [2.24, 2.45) is 23.7 Å². The Balaban J connectivity index is 0.00000103. The predicted octanol–water partition coefficient (Wildman–Crippen LogP) is 8.42. The lowest BCUT2D eigenvalue weighted by Gasteiger charge is -2.39. The van der Waals surface area contributed by atoms with Crippen molar-refractivity contribution in [3.05, 3.63) is 83.0 Å². The summed E-state index contributed by atoms with van der Waals surface area (Å²) in [7, 11) is 1.63. The molecule has 2 N–H and O–H groups in total. The van der Waals surface area contributed by atoms with Crippen LogP contribution in [0.15, 0.2) is 48.6 Å². The van der Waals surface area contributed by atoms with E-state index in [0.29, 0.717) is 55.5 Å². The zero-order chi connectivity index (χ0) is 36.8. The first-order valence-electron chi connectivity index (χ1n) is 17.6. The third-order valence-electron chi connectivity index (χ3n) is 10.3. The second-order valence-corrected chi connectivity index (χ2v) is 13.7. The van der Waals surface area contributed by atoms with Crippen LogP contribution in [0.4, 0.5) is 17.6 Å². The molecule has 2 aromatic rings. The summed E-state index contributed by atoms with van der Waals surface area (Å²) in [4.78, 5) is 21.4. The van der Waals surface area contributed by atoms with Crippen molar-refractivity contribution in [3.63, 3.8) is 0 Å². The molecule has 50 heavy (non-hydrogen) atoms. The third kappa shape index (κ3) is 11.3. The zero-order valence-corrected chi connectivity index (χ0v) is 29.3. The van der Waals surface area contributed by atoms with Crippen LogP contribution in [0.25, 0.3) is 11.1 Å². The number of unbranched alkanes of at least 4 members (excludes halogenated alkanes) is 1. The summed E-state index contributed by atoms with van der Waals surface area (Å²) < 4.78 is 71.2. The number of esters is 1. The zero-order valence-electron chi connectivity index (χ0n) is 29.3. The van der Waals surface area contributed by atoms with Crippen molar-refractivity contribution >= 4 is 12.3 Å². The fourth-order valence-electron chi connectivity index (χ4n) is 7.43. The van der Waals surface area contributed by atoms with E-state index in [0.717, 1.165) is 63.5 Å². The van der Waals surface area contributed by atoms with Crippen LogP contribution in [-0.2, 0) is 25.5 Å². The number of aldehydes is 1. The van der Waals surface area contributed by atoms with Gasteiger partial charge in [0, 0.05) is 24.2 Å². The summed E-state index contributed by atoms with van der Waals surface area (Å²) >= 11 is 0. The number of aliphatic hydroxyl groups is 2. The van der Waals surface area contributed by atoms with Crippen molar-refractivity contribution in [1.29, 1.82) is 0 Å². The molecule has 1 unspecified atom stereocenters. The maximum atomic E-state index is 15.4. The van der Waals surface area contributed by atoms with Crippen LogP contribution < -0.4 is 0 Å². The number of aliphatic hydroxyl groups excluding tert-OH is 2. The molecule has 0 saturated heterocycles. The van der Waals surface area contributed by atoms with E-state index >= 15 is 8.78 Å². The normalized spacial score (nSPS) is 21.0. The van der Waals surface area contributed by atoms with Gasteiger partial charge in [-0.2, -0.15) is 0 Å². The van der Waals surface area contributed by atoms with Gasteiger partial charge >= 0.3 is 5.97 Å². The van der Waals surface area contributed by atoms with Gasteiger partial charge in [-0.05, 0) is 123 Å². The van der Waals surface area contributed by atoms with Gasteiger partial charge in [-0.3, -0.25) is 4.79 Å². The Hall–Kier alpha value is -3.34. The Morgan fingerprint density at radius 1 is 0.860 bits per heavy atom. The first-order chi connectivity index (χ1) is 24.0. The van der Waals surface area contributed by atoms with Gasteiger partial charge in [-0.15, -0.1) is 0 Å². The van der Waals surface area contributed by atoms with Gasteiger partial charge in [0.1, 0.15) is 29.6 Å². The Morgan fingerprint density at radius 3 is 1.88 bits per heavy atom. The molecule has 0 bridgehead atoms. The predicted molar refractivity (Wildman–Crippen MR) is 185 cm³/mol. The van der Waals surface area contributed by atoms with E-state index in [1.165, 1.54) is 12.1 Å². The molecular formula is C40H52F4O6. The number of carbonyl (C=O) groups excluding carboxylic acids is 2. The highest BCUT2D eigenvalue weighted by atomic mass is 19.1. The minimum atomic E-state index is -0.806. The Morgan fingerprint density at radius 2 is 1.42 bits per heavy atom. The monoisotopic (exact) mass is 704 g/mol. The molecule has 0 radical (unpaired) electrons. The van der Waals surface area contributed by atoms with Crippen LogP contribution in [0.1, 0.15) is 88.2 Å². The van der Waals surface area contributed by atoms with Crippen LogP contribution >= 0.6 is 0 Å². The van der Waals surface area contributed by atoms with Crippen molar-refractivity contribution in [3.8, 4) is 11.1 Å². The lowest BCUT2D eigenvalue weighted by Crippen LogP contribution is -2.32. The second-order valence-electron chi connectivity index (χ2n) is 13.7. The summed E-state index contributed by atoms with van der Waals surface area (Å²) in [5.74, 6) is -2.50. The van der Waals surface area contributed by atoms with E-state index in [1.807, 2.05) is 6.92 Å². The molecule has 10 heteroatoms. The van der Waals surface area contributed by atoms with Crippen LogP contribution in [0.5, 0.6) is 0 Å². The average Bonchev–Trinajstić information content (AvgIpc) is 3.11. The molecule has 2 fully saturated rings. The van der Waals surface area contributed by atoms with E-state index in [-0.39, 0.29) is 47.3 Å². The van der Waals surface area contributed by atoms with E-state index in [2.05, 4.69) is 13.2 Å². The highest BCUT2D eigenvalue weighted by Crippen LogP contribution is 2.46. The van der Waals surface area contributed by atoms with Gasteiger partial charge in [-0.25, -0.2) is 22.4 Å². The largest absolute Gasteiger partial charge is 0.462 e. The molecule has 1 atom stereocenters. The van der Waals surface area contributed by atoms with Gasteiger partial charge in [-0.1, -0.05) is 26.5 Å². The number of aryl methyl sites for hydroxylation is 1. The van der Waals surface area contributed by atoms with Gasteiger partial charge < -0.3 is 19.7 Å². The number of ether oxygens (including phenoxy) is 2. The van der Waals surface area contributed by atoms with Gasteiger partial charge in [0.15, 0.2) is 0 Å². The number of hydrogen-bond acceptors (Lipinski definition) is 6.